The van der Waals surface area contributed by atoms with Gasteiger partial charge in [0.2, 0.25) is 0 Å². The molecule has 0 saturated carbocycles. The predicted octanol–water partition coefficient (Wildman–Crippen LogP) is 3.88. The van der Waals surface area contributed by atoms with Crippen molar-refractivity contribution in [3.8, 4) is 0 Å². The van der Waals surface area contributed by atoms with Gasteiger partial charge >= 0.3 is 12.1 Å². The second kappa shape index (κ2) is 5.28. The smallest absolute Gasteiger partial charge is 0.418 e. The Kier molecular flexibility index (Phi) is 4.35. The van der Waals surface area contributed by atoms with E-state index in [-0.39, 0.29) is 17.3 Å². The first-order valence-electron chi connectivity index (χ1n) is 5.38. The maximum absolute atomic E-state index is 12.8. The van der Waals surface area contributed by atoms with Crippen LogP contribution in [0.5, 0.6) is 0 Å². The van der Waals surface area contributed by atoms with Crippen molar-refractivity contribution >= 4 is 23.3 Å². The maximum atomic E-state index is 12.8. The van der Waals surface area contributed by atoms with Gasteiger partial charge in [-0.2, -0.15) is 13.2 Å². The van der Waals surface area contributed by atoms with Gasteiger partial charge in [-0.3, -0.25) is 4.79 Å². The zero-order valence-corrected chi connectivity index (χ0v) is 11.1. The Balaban J connectivity index is 3.05. The molecule has 0 saturated heterocycles. The second-order valence-corrected chi connectivity index (χ2v) is 5.11. The van der Waals surface area contributed by atoms with E-state index < -0.39 is 23.1 Å². The van der Waals surface area contributed by atoms with Gasteiger partial charge in [0.15, 0.2) is 0 Å². The largest absolute Gasteiger partial charge is 0.481 e. The second-order valence-electron chi connectivity index (χ2n) is 4.70. The lowest BCUT2D eigenvalue weighted by molar-refractivity contribution is -0.146. The lowest BCUT2D eigenvalue weighted by Crippen LogP contribution is -2.32. The number of anilines is 1. The Hall–Kier alpha value is -1.43. The van der Waals surface area contributed by atoms with Crippen LogP contribution in [0.25, 0.3) is 0 Å². The third kappa shape index (κ3) is 3.76. The summed E-state index contributed by atoms with van der Waals surface area (Å²) in [6.45, 7) is 2.65. The molecule has 0 aliphatic carbocycles. The van der Waals surface area contributed by atoms with E-state index in [1.165, 1.54) is 26.0 Å². The van der Waals surface area contributed by atoms with Crippen LogP contribution in [0.2, 0.25) is 5.02 Å². The molecule has 1 rings (SSSR count). The van der Waals surface area contributed by atoms with Crippen LogP contribution in [0.1, 0.15) is 19.4 Å². The molecule has 1 aromatic carbocycles. The van der Waals surface area contributed by atoms with Crippen LogP contribution in [0.15, 0.2) is 18.2 Å². The van der Waals surface area contributed by atoms with Gasteiger partial charge in [-0.05, 0) is 26.0 Å². The van der Waals surface area contributed by atoms with Gasteiger partial charge in [0, 0.05) is 6.54 Å². The number of alkyl halides is 3. The zero-order chi connectivity index (χ0) is 14.8. The third-order valence-corrected chi connectivity index (χ3v) is 2.92. The number of halogens is 4. The molecule has 19 heavy (non-hydrogen) atoms. The Morgan fingerprint density at radius 2 is 1.95 bits per heavy atom. The summed E-state index contributed by atoms with van der Waals surface area (Å²) in [5.74, 6) is -1.11. The number of carboxylic acid groups (broad SMARTS) is 1. The Bertz CT molecular complexity index is 486. The van der Waals surface area contributed by atoms with E-state index in [0.29, 0.717) is 0 Å². The van der Waals surface area contributed by atoms with E-state index in [2.05, 4.69) is 5.32 Å². The molecule has 0 spiro atoms. The van der Waals surface area contributed by atoms with Crippen molar-refractivity contribution in [1.82, 2.24) is 0 Å². The molecule has 0 amide bonds. The molecular formula is C12H13ClF3NO2. The minimum atomic E-state index is -4.55. The molecule has 7 heteroatoms. The molecule has 2 N–H and O–H groups in total. The lowest BCUT2D eigenvalue weighted by atomic mass is 9.93. The van der Waals surface area contributed by atoms with Crippen LogP contribution in [0.4, 0.5) is 18.9 Å². The van der Waals surface area contributed by atoms with Crippen molar-refractivity contribution in [3.63, 3.8) is 0 Å². The van der Waals surface area contributed by atoms with Crippen LogP contribution in [0.3, 0.4) is 0 Å². The van der Waals surface area contributed by atoms with Crippen molar-refractivity contribution in [2.45, 2.75) is 20.0 Å². The molecular weight excluding hydrogens is 283 g/mol. The number of carbonyl (C=O) groups is 1. The number of nitrogens with one attached hydrogen (secondary N) is 1. The van der Waals surface area contributed by atoms with E-state index >= 15 is 0 Å². The molecule has 0 aliphatic heterocycles. The lowest BCUT2D eigenvalue weighted by Gasteiger charge is -2.22. The van der Waals surface area contributed by atoms with Gasteiger partial charge < -0.3 is 10.4 Å². The number of carboxylic acids is 1. The number of rotatable bonds is 4. The van der Waals surface area contributed by atoms with Crippen LogP contribution in [-0.4, -0.2) is 17.6 Å². The first-order chi connectivity index (χ1) is 8.55. The number of hydrogen-bond acceptors (Lipinski definition) is 2. The van der Waals surface area contributed by atoms with Crippen LogP contribution in [-0.2, 0) is 11.0 Å². The molecule has 0 heterocycles. The number of benzene rings is 1. The van der Waals surface area contributed by atoms with E-state index in [1.54, 1.807) is 0 Å². The van der Waals surface area contributed by atoms with E-state index in [9.17, 15) is 18.0 Å². The highest BCUT2D eigenvalue weighted by Crippen LogP contribution is 2.38. The molecule has 0 bridgehead atoms. The first kappa shape index (κ1) is 15.6. The molecule has 0 aromatic heterocycles. The van der Waals surface area contributed by atoms with Crippen LogP contribution < -0.4 is 5.32 Å². The molecule has 1 aromatic rings. The molecule has 0 aliphatic rings. The minimum absolute atomic E-state index is 0.101. The summed E-state index contributed by atoms with van der Waals surface area (Å²) >= 11 is 5.73. The normalized spacial score (nSPS) is 12.3. The zero-order valence-electron chi connectivity index (χ0n) is 10.3. The van der Waals surface area contributed by atoms with Crippen molar-refractivity contribution in [1.29, 1.82) is 0 Å². The van der Waals surface area contributed by atoms with Crippen molar-refractivity contribution in [3.05, 3.63) is 28.8 Å². The van der Waals surface area contributed by atoms with Crippen LogP contribution >= 0.6 is 11.6 Å². The number of para-hydroxylation sites is 1. The Labute approximate surface area is 113 Å². The molecule has 0 atom stereocenters. The van der Waals surface area contributed by atoms with Crippen LogP contribution in [0, 0.1) is 5.41 Å². The topological polar surface area (TPSA) is 49.3 Å². The van der Waals surface area contributed by atoms with Gasteiger partial charge in [0.25, 0.3) is 0 Å². The van der Waals surface area contributed by atoms with Gasteiger partial charge in [-0.15, -0.1) is 0 Å². The van der Waals surface area contributed by atoms with Crippen molar-refractivity contribution in [2.24, 2.45) is 5.41 Å². The molecule has 0 fully saturated rings. The first-order valence-corrected chi connectivity index (χ1v) is 5.76. The molecule has 106 valence electrons. The highest BCUT2D eigenvalue weighted by atomic mass is 35.5. The summed E-state index contributed by atoms with van der Waals surface area (Å²) in [5, 5.41) is 11.3. The highest BCUT2D eigenvalue weighted by molar-refractivity contribution is 6.33. The summed E-state index contributed by atoms with van der Waals surface area (Å²) in [7, 11) is 0. The van der Waals surface area contributed by atoms with Gasteiger partial charge in [-0.1, -0.05) is 17.7 Å². The van der Waals surface area contributed by atoms with Crippen molar-refractivity contribution < 1.29 is 23.1 Å². The van der Waals surface area contributed by atoms with E-state index in [4.69, 9.17) is 16.7 Å². The summed E-state index contributed by atoms with van der Waals surface area (Å²) in [6, 6.07) is 3.40. The van der Waals surface area contributed by atoms with Crippen molar-refractivity contribution in [2.75, 3.05) is 11.9 Å². The van der Waals surface area contributed by atoms with Gasteiger partial charge in [0.05, 0.1) is 21.7 Å². The SMILES string of the molecule is CC(C)(CNc1c(Cl)cccc1C(F)(F)F)C(=O)O. The number of hydrogen-bond donors (Lipinski definition) is 2. The predicted molar refractivity (Wildman–Crippen MR) is 66.4 cm³/mol. The van der Waals surface area contributed by atoms with Gasteiger partial charge in [-0.25, -0.2) is 0 Å². The summed E-state index contributed by atoms with van der Waals surface area (Å²) in [5.41, 5.74) is -2.42. The fraction of sp³-hybridized carbons (Fsp3) is 0.417. The highest BCUT2D eigenvalue weighted by Gasteiger charge is 2.35. The Morgan fingerprint density at radius 1 is 1.37 bits per heavy atom. The maximum Gasteiger partial charge on any atom is 0.418 e. The molecule has 3 nitrogen and oxygen atoms in total. The standard InChI is InChI=1S/C12H13ClF3NO2/c1-11(2,10(18)19)6-17-9-7(12(14,15)16)4-3-5-8(9)13/h3-5,17H,6H2,1-2H3,(H,18,19). The molecule has 0 unspecified atom stereocenters. The average molecular weight is 296 g/mol. The van der Waals surface area contributed by atoms with Gasteiger partial charge in [0.1, 0.15) is 0 Å². The quantitative estimate of drug-likeness (QED) is 0.886. The minimum Gasteiger partial charge on any atom is -0.481 e. The van der Waals surface area contributed by atoms with E-state index in [0.717, 1.165) is 6.07 Å². The molecule has 0 radical (unpaired) electrons. The Morgan fingerprint density at radius 3 is 2.42 bits per heavy atom. The fourth-order valence-corrected chi connectivity index (χ4v) is 1.57. The number of aliphatic carboxylic acids is 1. The monoisotopic (exact) mass is 295 g/mol. The summed E-state index contributed by atoms with van der Waals surface area (Å²) in [6.07, 6.45) is -4.55. The summed E-state index contributed by atoms with van der Waals surface area (Å²) in [4.78, 5) is 10.9. The fourth-order valence-electron chi connectivity index (χ4n) is 1.33. The third-order valence-electron chi connectivity index (χ3n) is 2.61. The average Bonchev–Trinajstić information content (AvgIpc) is 2.25. The van der Waals surface area contributed by atoms with E-state index in [1.807, 2.05) is 0 Å². The summed E-state index contributed by atoms with van der Waals surface area (Å²) < 4.78 is 38.4.